The van der Waals surface area contributed by atoms with Crippen LogP contribution in [0.25, 0.3) is 0 Å². The lowest BCUT2D eigenvalue weighted by molar-refractivity contribution is -0.142. The summed E-state index contributed by atoms with van der Waals surface area (Å²) in [5, 5.41) is 14.8. The molecule has 11 heteroatoms. The summed E-state index contributed by atoms with van der Waals surface area (Å²) in [5.41, 5.74) is 1.56. The van der Waals surface area contributed by atoms with Gasteiger partial charge in [-0.05, 0) is 47.5 Å². The van der Waals surface area contributed by atoms with Gasteiger partial charge < -0.3 is 25.4 Å². The van der Waals surface area contributed by atoms with Gasteiger partial charge in [-0.25, -0.2) is 9.18 Å². The van der Waals surface area contributed by atoms with E-state index in [9.17, 15) is 28.7 Å². The van der Waals surface area contributed by atoms with Crippen LogP contribution < -0.4 is 15.4 Å². The molecule has 1 saturated heterocycles. The minimum absolute atomic E-state index is 0.00900. The molecule has 3 N–H and O–H groups in total. The van der Waals surface area contributed by atoms with E-state index in [0.717, 1.165) is 17.7 Å². The Kier molecular flexibility index (Phi) is 8.95. The molecule has 208 valence electrons. The molecule has 2 atom stereocenters. The van der Waals surface area contributed by atoms with Gasteiger partial charge >= 0.3 is 12.0 Å². The Labute approximate surface area is 230 Å². The van der Waals surface area contributed by atoms with E-state index in [2.05, 4.69) is 10.6 Å². The maximum absolute atomic E-state index is 13.7. The summed E-state index contributed by atoms with van der Waals surface area (Å²) >= 11 is 0. The number of urea groups is 1. The first-order valence-corrected chi connectivity index (χ1v) is 12.6. The number of benzene rings is 3. The number of carbonyl (C=O) groups excluding carboxylic acids is 3. The zero-order valence-electron chi connectivity index (χ0n) is 21.7. The lowest BCUT2D eigenvalue weighted by atomic mass is 10.0. The molecule has 0 aromatic heterocycles. The Morgan fingerprint density at radius 3 is 2.23 bits per heavy atom. The highest BCUT2D eigenvalue weighted by Gasteiger charge is 2.43. The molecule has 2 unspecified atom stereocenters. The third-order valence-corrected chi connectivity index (χ3v) is 6.50. The van der Waals surface area contributed by atoms with Gasteiger partial charge in [0.05, 0.1) is 26.0 Å². The second-order valence-electron chi connectivity index (χ2n) is 9.19. The van der Waals surface area contributed by atoms with E-state index in [0.29, 0.717) is 17.0 Å². The Hall–Kier alpha value is -4.93. The molecule has 3 aromatic carbocycles. The highest BCUT2D eigenvalue weighted by Crippen LogP contribution is 2.23. The number of hydrogen-bond donors (Lipinski definition) is 3. The molecule has 1 aliphatic rings. The Bertz CT molecular complexity index is 1350. The van der Waals surface area contributed by atoms with Gasteiger partial charge in [-0.1, -0.05) is 42.5 Å². The molecule has 4 rings (SSSR count). The summed E-state index contributed by atoms with van der Waals surface area (Å²) in [7, 11) is 1.52. The van der Waals surface area contributed by atoms with Gasteiger partial charge in [0.1, 0.15) is 11.6 Å². The Balaban J connectivity index is 1.59. The average Bonchev–Trinajstić information content (AvgIpc) is 3.40. The molecule has 10 nitrogen and oxygen atoms in total. The topological polar surface area (TPSA) is 128 Å². The van der Waals surface area contributed by atoms with Crippen molar-refractivity contribution in [3.63, 3.8) is 0 Å². The van der Waals surface area contributed by atoms with Crippen molar-refractivity contribution in [2.24, 2.45) is 0 Å². The van der Waals surface area contributed by atoms with Gasteiger partial charge in [-0.15, -0.1) is 0 Å². The van der Waals surface area contributed by atoms with Gasteiger partial charge in [-0.2, -0.15) is 0 Å². The van der Waals surface area contributed by atoms with E-state index in [1.807, 2.05) is 6.07 Å². The molecule has 3 aromatic rings. The van der Waals surface area contributed by atoms with E-state index in [-0.39, 0.29) is 25.4 Å². The maximum atomic E-state index is 13.7. The van der Waals surface area contributed by atoms with Crippen LogP contribution in [-0.2, 0) is 20.8 Å². The third-order valence-electron chi connectivity index (χ3n) is 6.50. The van der Waals surface area contributed by atoms with Crippen LogP contribution in [0.5, 0.6) is 5.75 Å². The van der Waals surface area contributed by atoms with E-state index in [1.165, 1.54) is 29.0 Å². The highest BCUT2D eigenvalue weighted by atomic mass is 19.1. The number of anilines is 1. The molecule has 0 aliphatic carbocycles. The SMILES string of the molecule is COc1ccc(NC(=O)N2CCN(C(=O)Cc3ccccc3)C2C(=O)NC(CC(=O)O)c2ccc(F)cc2)cc1. The van der Waals surface area contributed by atoms with Crippen molar-refractivity contribution in [3.8, 4) is 5.75 Å². The van der Waals surface area contributed by atoms with Crippen molar-refractivity contribution in [2.75, 3.05) is 25.5 Å². The van der Waals surface area contributed by atoms with Crippen molar-refractivity contribution in [1.29, 1.82) is 0 Å². The molecule has 0 bridgehead atoms. The number of halogens is 1. The van der Waals surface area contributed by atoms with Crippen molar-refractivity contribution < 1.29 is 33.4 Å². The van der Waals surface area contributed by atoms with Crippen molar-refractivity contribution in [2.45, 2.75) is 25.0 Å². The lowest BCUT2D eigenvalue weighted by Gasteiger charge is -2.31. The number of carboxylic acids is 1. The average molecular weight is 549 g/mol. The normalized spacial score (nSPS) is 15.3. The summed E-state index contributed by atoms with van der Waals surface area (Å²) in [6.45, 7) is 0.167. The second kappa shape index (κ2) is 12.7. The van der Waals surface area contributed by atoms with Gasteiger partial charge in [-0.3, -0.25) is 19.3 Å². The zero-order chi connectivity index (χ0) is 28.6. The minimum Gasteiger partial charge on any atom is -0.497 e. The van der Waals surface area contributed by atoms with E-state index < -0.39 is 42.4 Å². The Morgan fingerprint density at radius 2 is 1.60 bits per heavy atom. The number of rotatable bonds is 9. The summed E-state index contributed by atoms with van der Waals surface area (Å²) in [5.74, 6) is -2.22. The molecule has 0 spiro atoms. The monoisotopic (exact) mass is 548 g/mol. The van der Waals surface area contributed by atoms with Gasteiger partial charge in [0, 0.05) is 18.8 Å². The van der Waals surface area contributed by atoms with Crippen LogP contribution in [0.15, 0.2) is 78.9 Å². The van der Waals surface area contributed by atoms with Crippen molar-refractivity contribution in [3.05, 3.63) is 95.8 Å². The smallest absolute Gasteiger partial charge is 0.323 e. The minimum atomic E-state index is -1.34. The first-order valence-electron chi connectivity index (χ1n) is 12.6. The number of carbonyl (C=O) groups is 4. The van der Waals surface area contributed by atoms with Crippen LogP contribution in [-0.4, -0.2) is 65.1 Å². The number of amides is 4. The molecule has 1 aliphatic heterocycles. The van der Waals surface area contributed by atoms with E-state index >= 15 is 0 Å². The summed E-state index contributed by atoms with van der Waals surface area (Å²) in [6.07, 6.45) is -1.82. The van der Waals surface area contributed by atoms with Crippen molar-refractivity contribution >= 4 is 29.5 Å². The van der Waals surface area contributed by atoms with Crippen LogP contribution >= 0.6 is 0 Å². The molecule has 0 radical (unpaired) electrons. The molecule has 1 fully saturated rings. The first-order chi connectivity index (χ1) is 19.2. The maximum Gasteiger partial charge on any atom is 0.323 e. The molecule has 4 amide bonds. The fourth-order valence-corrected chi connectivity index (χ4v) is 4.49. The van der Waals surface area contributed by atoms with Crippen LogP contribution in [0.1, 0.15) is 23.6 Å². The fourth-order valence-electron chi connectivity index (χ4n) is 4.49. The standard InChI is InChI=1S/C29H29FN4O6/c1-40-23-13-11-22(12-14-23)31-29(39)34-16-15-33(25(35)17-19-5-3-2-4-6-19)28(34)27(38)32-24(18-26(36)37)20-7-9-21(30)10-8-20/h2-14,24,28H,15-18H2,1H3,(H,31,39)(H,32,38)(H,36,37). The van der Waals surface area contributed by atoms with Crippen molar-refractivity contribution in [1.82, 2.24) is 15.1 Å². The lowest BCUT2D eigenvalue weighted by Crippen LogP contribution is -2.55. The molecular formula is C29H29FN4O6. The summed E-state index contributed by atoms with van der Waals surface area (Å²) in [4.78, 5) is 54.4. The molecule has 0 saturated carbocycles. The second-order valence-corrected chi connectivity index (χ2v) is 9.19. The first kappa shape index (κ1) is 28.1. The molecular weight excluding hydrogens is 519 g/mol. The molecule has 1 heterocycles. The van der Waals surface area contributed by atoms with Gasteiger partial charge in [0.2, 0.25) is 5.91 Å². The van der Waals surface area contributed by atoms with Gasteiger partial charge in [0.25, 0.3) is 5.91 Å². The quantitative estimate of drug-likeness (QED) is 0.376. The van der Waals surface area contributed by atoms with E-state index in [4.69, 9.17) is 4.74 Å². The highest BCUT2D eigenvalue weighted by molar-refractivity contribution is 5.96. The van der Waals surface area contributed by atoms with Crippen LogP contribution in [0, 0.1) is 5.82 Å². The number of ether oxygens (including phenoxy) is 1. The largest absolute Gasteiger partial charge is 0.497 e. The van der Waals surface area contributed by atoms with Crippen LogP contribution in [0.2, 0.25) is 0 Å². The van der Waals surface area contributed by atoms with Gasteiger partial charge in [0.15, 0.2) is 6.17 Å². The third kappa shape index (κ3) is 6.93. The summed E-state index contributed by atoms with van der Waals surface area (Å²) in [6, 6.07) is 19.0. The number of nitrogens with one attached hydrogen (secondary N) is 2. The van der Waals surface area contributed by atoms with E-state index in [1.54, 1.807) is 48.5 Å². The fraction of sp³-hybridized carbons (Fsp3) is 0.241. The van der Waals surface area contributed by atoms with Crippen LogP contribution in [0.3, 0.4) is 0 Å². The Morgan fingerprint density at radius 1 is 0.950 bits per heavy atom. The number of hydrogen-bond acceptors (Lipinski definition) is 5. The number of methoxy groups -OCH3 is 1. The number of aliphatic carboxylic acids is 1. The molecule has 40 heavy (non-hydrogen) atoms. The predicted molar refractivity (Wildman–Crippen MR) is 144 cm³/mol. The number of nitrogens with zero attached hydrogens (tertiary/aromatic N) is 2. The summed E-state index contributed by atoms with van der Waals surface area (Å²) < 4.78 is 18.6. The van der Waals surface area contributed by atoms with Crippen LogP contribution in [0.4, 0.5) is 14.9 Å². The number of carboxylic acid groups (broad SMARTS) is 1. The predicted octanol–water partition coefficient (Wildman–Crippen LogP) is 3.41. The zero-order valence-corrected chi connectivity index (χ0v) is 21.7.